The molecule has 1 heterocycles. The minimum absolute atomic E-state index is 0.520. The molecule has 0 aromatic carbocycles. The van der Waals surface area contributed by atoms with Crippen LogP contribution in [0.15, 0.2) is 11.4 Å². The number of aryl methyl sites for hydroxylation is 1. The van der Waals surface area contributed by atoms with Crippen molar-refractivity contribution in [1.29, 1.82) is 0 Å². The van der Waals surface area contributed by atoms with Crippen LogP contribution < -0.4 is 5.32 Å². The van der Waals surface area contributed by atoms with Gasteiger partial charge in [-0.15, -0.1) is 11.3 Å². The molecule has 0 amide bonds. The number of nitrogens with one attached hydrogen (secondary N) is 1. The summed E-state index contributed by atoms with van der Waals surface area (Å²) in [5.41, 5.74) is 1.42. The Morgan fingerprint density at radius 3 is 2.73 bits per heavy atom. The van der Waals surface area contributed by atoms with Gasteiger partial charge in [-0.25, -0.2) is 0 Å². The van der Waals surface area contributed by atoms with Crippen molar-refractivity contribution >= 4 is 11.3 Å². The van der Waals surface area contributed by atoms with E-state index in [4.69, 9.17) is 0 Å². The molecule has 0 aliphatic carbocycles. The Balaban J connectivity index is 2.19. The molecule has 1 nitrogen and oxygen atoms in total. The lowest BCUT2D eigenvalue weighted by Crippen LogP contribution is -2.19. The summed E-state index contributed by atoms with van der Waals surface area (Å²) in [6.45, 7) is 7.86. The normalized spacial score (nSPS) is 13.0. The van der Waals surface area contributed by atoms with E-state index in [1.54, 1.807) is 0 Å². The van der Waals surface area contributed by atoms with Crippen LogP contribution in [-0.2, 0) is 0 Å². The molecule has 1 aromatic heterocycles. The summed E-state index contributed by atoms with van der Waals surface area (Å²) in [6, 6.07) is 2.72. The van der Waals surface area contributed by atoms with E-state index in [-0.39, 0.29) is 0 Å². The van der Waals surface area contributed by atoms with Crippen molar-refractivity contribution in [3.8, 4) is 0 Å². The van der Waals surface area contributed by atoms with Crippen molar-refractivity contribution in [2.24, 2.45) is 0 Å². The molecule has 86 valence electrons. The number of hydrogen-bond acceptors (Lipinski definition) is 2. The van der Waals surface area contributed by atoms with Crippen molar-refractivity contribution in [3.05, 3.63) is 21.9 Å². The minimum atomic E-state index is 0.520. The van der Waals surface area contributed by atoms with Gasteiger partial charge in [0.05, 0.1) is 0 Å². The molecule has 0 radical (unpaired) electrons. The van der Waals surface area contributed by atoms with E-state index in [1.165, 1.54) is 36.1 Å². The Hall–Kier alpha value is -0.340. The van der Waals surface area contributed by atoms with Gasteiger partial charge in [-0.05, 0) is 43.8 Å². The van der Waals surface area contributed by atoms with Crippen molar-refractivity contribution in [1.82, 2.24) is 5.32 Å². The molecule has 0 fully saturated rings. The Morgan fingerprint density at radius 1 is 1.33 bits per heavy atom. The highest BCUT2D eigenvalue weighted by Crippen LogP contribution is 2.23. The molecule has 0 saturated carbocycles. The molecule has 0 spiro atoms. The molecule has 15 heavy (non-hydrogen) atoms. The summed E-state index contributed by atoms with van der Waals surface area (Å²) in [4.78, 5) is 1.49. The van der Waals surface area contributed by atoms with E-state index in [2.05, 4.69) is 37.5 Å². The fourth-order valence-electron chi connectivity index (χ4n) is 1.79. The highest BCUT2D eigenvalue weighted by atomic mass is 32.1. The molecule has 1 atom stereocenters. The SMILES string of the molecule is CCCCCCNC(C)c1sccc1C. The molecule has 0 saturated heterocycles. The van der Waals surface area contributed by atoms with E-state index in [1.807, 2.05) is 11.3 Å². The Labute approximate surface area is 97.9 Å². The van der Waals surface area contributed by atoms with Gasteiger partial charge in [0.1, 0.15) is 0 Å². The fourth-order valence-corrected chi connectivity index (χ4v) is 2.75. The summed E-state index contributed by atoms with van der Waals surface area (Å²) in [7, 11) is 0. The van der Waals surface area contributed by atoms with Crippen LogP contribution in [0.1, 0.15) is 56.0 Å². The van der Waals surface area contributed by atoms with E-state index in [9.17, 15) is 0 Å². The van der Waals surface area contributed by atoms with E-state index < -0.39 is 0 Å². The van der Waals surface area contributed by atoms with Crippen molar-refractivity contribution in [3.63, 3.8) is 0 Å². The summed E-state index contributed by atoms with van der Waals surface area (Å²) < 4.78 is 0. The topological polar surface area (TPSA) is 12.0 Å². The van der Waals surface area contributed by atoms with Crippen LogP contribution in [0.4, 0.5) is 0 Å². The lowest BCUT2D eigenvalue weighted by Gasteiger charge is -2.13. The van der Waals surface area contributed by atoms with Gasteiger partial charge in [-0.1, -0.05) is 26.2 Å². The molecule has 1 unspecified atom stereocenters. The van der Waals surface area contributed by atoms with Crippen LogP contribution in [0.25, 0.3) is 0 Å². The second kappa shape index (κ2) is 7.02. The van der Waals surface area contributed by atoms with Crippen LogP contribution in [0.5, 0.6) is 0 Å². The second-order valence-electron chi connectivity index (χ2n) is 4.20. The summed E-state index contributed by atoms with van der Waals surface area (Å²) in [6.07, 6.45) is 5.36. The van der Waals surface area contributed by atoms with Gasteiger partial charge in [-0.3, -0.25) is 0 Å². The van der Waals surface area contributed by atoms with Crippen molar-refractivity contribution < 1.29 is 0 Å². The third-order valence-corrected chi connectivity index (χ3v) is 3.98. The molecular weight excluding hydrogens is 202 g/mol. The van der Waals surface area contributed by atoms with Gasteiger partial charge in [0.25, 0.3) is 0 Å². The first-order valence-corrected chi connectivity index (χ1v) is 6.91. The summed E-state index contributed by atoms with van der Waals surface area (Å²) in [5, 5.41) is 5.78. The van der Waals surface area contributed by atoms with Crippen LogP contribution in [0.2, 0.25) is 0 Å². The first kappa shape index (κ1) is 12.7. The highest BCUT2D eigenvalue weighted by molar-refractivity contribution is 7.10. The lowest BCUT2D eigenvalue weighted by molar-refractivity contribution is 0.540. The maximum Gasteiger partial charge on any atom is 0.0388 e. The lowest BCUT2D eigenvalue weighted by atomic mass is 10.1. The maximum atomic E-state index is 3.60. The van der Waals surface area contributed by atoms with Crippen LogP contribution in [-0.4, -0.2) is 6.54 Å². The molecule has 1 N–H and O–H groups in total. The van der Waals surface area contributed by atoms with E-state index >= 15 is 0 Å². The first-order valence-electron chi connectivity index (χ1n) is 6.03. The number of hydrogen-bond donors (Lipinski definition) is 1. The maximum absolute atomic E-state index is 3.60. The molecule has 0 aliphatic heterocycles. The largest absolute Gasteiger partial charge is 0.309 e. The molecule has 2 heteroatoms. The van der Waals surface area contributed by atoms with Crippen molar-refractivity contribution in [2.75, 3.05) is 6.54 Å². The molecule has 0 bridgehead atoms. The average Bonchev–Trinajstić information content (AvgIpc) is 2.64. The quantitative estimate of drug-likeness (QED) is 0.683. The van der Waals surface area contributed by atoms with Gasteiger partial charge in [0.2, 0.25) is 0 Å². The van der Waals surface area contributed by atoms with E-state index in [0.717, 1.165) is 6.54 Å². The molecule has 0 aliphatic rings. The third-order valence-electron chi connectivity index (χ3n) is 2.78. The average molecular weight is 225 g/mol. The fraction of sp³-hybridized carbons (Fsp3) is 0.692. The van der Waals surface area contributed by atoms with Gasteiger partial charge >= 0.3 is 0 Å². The monoisotopic (exact) mass is 225 g/mol. The zero-order chi connectivity index (χ0) is 11.1. The minimum Gasteiger partial charge on any atom is -0.309 e. The van der Waals surface area contributed by atoms with Gasteiger partial charge < -0.3 is 5.32 Å². The van der Waals surface area contributed by atoms with E-state index in [0.29, 0.717) is 6.04 Å². The molecule has 1 aromatic rings. The predicted octanol–water partition coefficient (Wildman–Crippen LogP) is 4.29. The van der Waals surface area contributed by atoms with Crippen LogP contribution in [0, 0.1) is 6.92 Å². The van der Waals surface area contributed by atoms with Crippen LogP contribution in [0.3, 0.4) is 0 Å². The third kappa shape index (κ3) is 4.35. The zero-order valence-corrected chi connectivity index (χ0v) is 11.0. The second-order valence-corrected chi connectivity index (χ2v) is 5.15. The smallest absolute Gasteiger partial charge is 0.0388 e. The standard InChI is InChI=1S/C13H23NS/c1-4-5-6-7-9-14-12(3)13-11(2)8-10-15-13/h8,10,12,14H,4-7,9H2,1-3H3. The highest BCUT2D eigenvalue weighted by Gasteiger charge is 2.07. The molecule has 1 rings (SSSR count). The van der Waals surface area contributed by atoms with Crippen LogP contribution >= 0.6 is 11.3 Å². The molecular formula is C13H23NS. The summed E-state index contributed by atoms with van der Waals surface area (Å²) in [5.74, 6) is 0. The number of thiophene rings is 1. The summed E-state index contributed by atoms with van der Waals surface area (Å²) >= 11 is 1.86. The first-order chi connectivity index (χ1) is 7.25. The predicted molar refractivity (Wildman–Crippen MR) is 69.6 cm³/mol. The van der Waals surface area contributed by atoms with Crippen molar-refractivity contribution in [2.45, 2.75) is 52.5 Å². The zero-order valence-electron chi connectivity index (χ0n) is 10.2. The Bertz CT molecular complexity index is 267. The van der Waals surface area contributed by atoms with Gasteiger partial charge in [-0.2, -0.15) is 0 Å². The number of unbranched alkanes of at least 4 members (excludes halogenated alkanes) is 3. The van der Waals surface area contributed by atoms with Gasteiger partial charge in [0.15, 0.2) is 0 Å². The number of rotatable bonds is 7. The van der Waals surface area contributed by atoms with Gasteiger partial charge in [0, 0.05) is 10.9 Å². The Morgan fingerprint density at radius 2 is 2.13 bits per heavy atom. The Kier molecular flexibility index (Phi) is 5.96.